The number of amides is 1. The molecule has 0 saturated heterocycles. The fourth-order valence-corrected chi connectivity index (χ4v) is 0.499. The van der Waals surface area contributed by atoms with Gasteiger partial charge in [-0.25, -0.2) is 5.84 Å². The van der Waals surface area contributed by atoms with Crippen LogP contribution in [0.5, 0.6) is 0 Å². The van der Waals surface area contributed by atoms with Crippen molar-refractivity contribution < 1.29 is 4.79 Å². The first-order chi connectivity index (χ1) is 4.83. The maximum Gasteiger partial charge on any atom is 0.257 e. The number of rotatable bonds is 2. The molecule has 0 spiro atoms. The summed E-state index contributed by atoms with van der Waals surface area (Å²) in [5.74, 6) is 4.50. The Morgan fingerprint density at radius 3 is 2.55 bits per heavy atom. The number of carbonyl (C=O) groups is 1. The molecule has 3 N–H and O–H groups in total. The standard InChI is InChI=1S/C4H7N5O.ClH/c5-8-4(10)3-9-6-1-2-7-9;/h1-2H,3,5H2,(H,8,10);1H. The molecule has 1 aromatic rings. The summed E-state index contributed by atoms with van der Waals surface area (Å²) >= 11 is 0. The molecule has 0 aromatic carbocycles. The molecule has 6 nitrogen and oxygen atoms in total. The molecular formula is C4H8ClN5O. The first kappa shape index (κ1) is 9.86. The van der Waals surface area contributed by atoms with Gasteiger partial charge in [-0.3, -0.25) is 10.2 Å². The maximum atomic E-state index is 10.5. The van der Waals surface area contributed by atoms with E-state index in [2.05, 4.69) is 10.2 Å². The van der Waals surface area contributed by atoms with Gasteiger partial charge in [0.15, 0.2) is 0 Å². The molecule has 11 heavy (non-hydrogen) atoms. The smallest absolute Gasteiger partial charge is 0.257 e. The van der Waals surface area contributed by atoms with Gasteiger partial charge in [-0.1, -0.05) is 0 Å². The molecule has 7 heteroatoms. The average Bonchev–Trinajstić information content (AvgIpc) is 2.40. The topological polar surface area (TPSA) is 85.8 Å². The minimum atomic E-state index is -0.323. The zero-order valence-electron chi connectivity index (χ0n) is 5.60. The molecule has 1 rings (SSSR count). The minimum Gasteiger partial charge on any atom is -0.293 e. The Bertz CT molecular complexity index is 210. The number of nitrogens with two attached hydrogens (primary N) is 1. The molecule has 1 amide bonds. The monoisotopic (exact) mass is 177 g/mol. The summed E-state index contributed by atoms with van der Waals surface area (Å²) in [4.78, 5) is 11.8. The van der Waals surface area contributed by atoms with Crippen LogP contribution >= 0.6 is 12.4 Å². The van der Waals surface area contributed by atoms with Gasteiger partial charge in [-0.2, -0.15) is 15.0 Å². The van der Waals surface area contributed by atoms with Gasteiger partial charge < -0.3 is 0 Å². The van der Waals surface area contributed by atoms with Gasteiger partial charge in [0.2, 0.25) is 0 Å². The Labute approximate surface area is 69.1 Å². The van der Waals surface area contributed by atoms with Crippen molar-refractivity contribution in [3.63, 3.8) is 0 Å². The summed E-state index contributed by atoms with van der Waals surface area (Å²) in [7, 11) is 0. The van der Waals surface area contributed by atoms with Crippen LogP contribution in [0, 0.1) is 0 Å². The van der Waals surface area contributed by atoms with Gasteiger partial charge in [-0.15, -0.1) is 12.4 Å². The molecule has 0 aliphatic heterocycles. The fourth-order valence-electron chi connectivity index (χ4n) is 0.499. The molecule has 0 aliphatic carbocycles. The zero-order valence-corrected chi connectivity index (χ0v) is 6.41. The van der Waals surface area contributed by atoms with Crippen molar-refractivity contribution in [1.82, 2.24) is 20.4 Å². The van der Waals surface area contributed by atoms with E-state index in [9.17, 15) is 4.79 Å². The molecule has 62 valence electrons. The van der Waals surface area contributed by atoms with Crippen LogP contribution in [0.25, 0.3) is 0 Å². The van der Waals surface area contributed by atoms with Crippen LogP contribution in [-0.2, 0) is 11.3 Å². The molecule has 0 saturated carbocycles. The normalized spacial score (nSPS) is 8.45. The Morgan fingerprint density at radius 1 is 1.55 bits per heavy atom. The third-order valence-corrected chi connectivity index (χ3v) is 0.913. The Balaban J connectivity index is 0.000001000. The molecule has 1 heterocycles. The summed E-state index contributed by atoms with van der Waals surface area (Å²) in [5, 5.41) is 7.39. The molecule has 0 aliphatic rings. The van der Waals surface area contributed by atoms with Gasteiger partial charge in [0, 0.05) is 0 Å². The Morgan fingerprint density at radius 2 is 2.09 bits per heavy atom. The van der Waals surface area contributed by atoms with Crippen LogP contribution in [0.4, 0.5) is 0 Å². The lowest BCUT2D eigenvalue weighted by molar-refractivity contribution is -0.122. The predicted octanol–water partition coefficient (Wildman–Crippen LogP) is -1.31. The van der Waals surface area contributed by atoms with E-state index in [0.29, 0.717) is 0 Å². The van der Waals surface area contributed by atoms with Crippen molar-refractivity contribution in [1.29, 1.82) is 0 Å². The van der Waals surface area contributed by atoms with Gasteiger partial charge in [0.25, 0.3) is 5.91 Å². The van der Waals surface area contributed by atoms with Crippen LogP contribution in [-0.4, -0.2) is 20.9 Å². The van der Waals surface area contributed by atoms with Crippen molar-refractivity contribution in [2.45, 2.75) is 6.54 Å². The quantitative estimate of drug-likeness (QED) is 0.334. The Kier molecular flexibility index (Phi) is 4.16. The lowest BCUT2D eigenvalue weighted by Crippen LogP contribution is -2.33. The van der Waals surface area contributed by atoms with E-state index in [0.717, 1.165) is 0 Å². The van der Waals surface area contributed by atoms with Gasteiger partial charge in [-0.05, 0) is 0 Å². The third kappa shape index (κ3) is 2.96. The number of halogens is 1. The van der Waals surface area contributed by atoms with Crippen LogP contribution in [0.3, 0.4) is 0 Å². The first-order valence-electron chi connectivity index (χ1n) is 2.66. The SMILES string of the molecule is Cl.NNC(=O)Cn1nccn1. The number of nitrogens with zero attached hydrogens (tertiary/aromatic N) is 3. The van der Waals surface area contributed by atoms with E-state index in [1.165, 1.54) is 17.2 Å². The molecule has 0 fully saturated rings. The molecule has 1 aromatic heterocycles. The number of carbonyl (C=O) groups excluding carboxylic acids is 1. The summed E-state index contributed by atoms with van der Waals surface area (Å²) in [5.41, 5.74) is 1.96. The highest BCUT2D eigenvalue weighted by Gasteiger charge is 1.98. The van der Waals surface area contributed by atoms with E-state index >= 15 is 0 Å². The van der Waals surface area contributed by atoms with Crippen LogP contribution in [0.2, 0.25) is 0 Å². The van der Waals surface area contributed by atoms with Crippen LogP contribution in [0.1, 0.15) is 0 Å². The molecule has 0 atom stereocenters. The molecule has 0 radical (unpaired) electrons. The van der Waals surface area contributed by atoms with Gasteiger partial charge in [0.05, 0.1) is 12.4 Å². The van der Waals surface area contributed by atoms with Gasteiger partial charge in [0.1, 0.15) is 6.54 Å². The van der Waals surface area contributed by atoms with E-state index < -0.39 is 0 Å². The van der Waals surface area contributed by atoms with Crippen LogP contribution < -0.4 is 11.3 Å². The molecular weight excluding hydrogens is 170 g/mol. The van der Waals surface area contributed by atoms with Crippen molar-refractivity contribution in [3.05, 3.63) is 12.4 Å². The second-order valence-electron chi connectivity index (χ2n) is 1.63. The van der Waals surface area contributed by atoms with Gasteiger partial charge >= 0.3 is 0 Å². The minimum absolute atomic E-state index is 0. The highest BCUT2D eigenvalue weighted by Crippen LogP contribution is 1.76. The molecule has 0 bridgehead atoms. The summed E-state index contributed by atoms with van der Waals surface area (Å²) < 4.78 is 0. The number of hydrogen-bond acceptors (Lipinski definition) is 4. The molecule has 0 unspecified atom stereocenters. The summed E-state index contributed by atoms with van der Waals surface area (Å²) in [6.07, 6.45) is 2.98. The Hall–Kier alpha value is -1.14. The number of hydrogen-bond donors (Lipinski definition) is 2. The average molecular weight is 178 g/mol. The first-order valence-corrected chi connectivity index (χ1v) is 2.66. The van der Waals surface area contributed by atoms with Crippen molar-refractivity contribution in [2.24, 2.45) is 5.84 Å². The van der Waals surface area contributed by atoms with E-state index in [1.807, 2.05) is 5.43 Å². The number of aromatic nitrogens is 3. The second kappa shape index (κ2) is 4.64. The second-order valence-corrected chi connectivity index (χ2v) is 1.63. The highest BCUT2D eigenvalue weighted by atomic mass is 35.5. The van der Waals surface area contributed by atoms with E-state index in [-0.39, 0.29) is 24.9 Å². The third-order valence-electron chi connectivity index (χ3n) is 0.913. The predicted molar refractivity (Wildman–Crippen MR) is 39.6 cm³/mol. The van der Waals surface area contributed by atoms with E-state index in [1.54, 1.807) is 0 Å². The lowest BCUT2D eigenvalue weighted by atomic mass is 10.6. The van der Waals surface area contributed by atoms with Crippen LogP contribution in [0.15, 0.2) is 12.4 Å². The van der Waals surface area contributed by atoms with Crippen molar-refractivity contribution in [3.8, 4) is 0 Å². The fraction of sp³-hybridized carbons (Fsp3) is 0.250. The van der Waals surface area contributed by atoms with Crippen molar-refractivity contribution in [2.75, 3.05) is 0 Å². The van der Waals surface area contributed by atoms with Crippen molar-refractivity contribution >= 4 is 18.3 Å². The number of nitrogens with one attached hydrogen (secondary N) is 1. The lowest BCUT2D eigenvalue weighted by Gasteiger charge is -1.95. The van der Waals surface area contributed by atoms with E-state index in [4.69, 9.17) is 5.84 Å². The largest absolute Gasteiger partial charge is 0.293 e. The zero-order chi connectivity index (χ0) is 7.40. The highest BCUT2D eigenvalue weighted by molar-refractivity contribution is 5.85. The maximum absolute atomic E-state index is 10.5. The summed E-state index contributed by atoms with van der Waals surface area (Å²) in [6, 6.07) is 0. The number of hydrazine groups is 1. The summed E-state index contributed by atoms with van der Waals surface area (Å²) in [6.45, 7) is 0.0590.